The maximum Gasteiger partial charge on any atom is 0.259 e. The average molecular weight is 488 g/mol. The molecule has 2 fully saturated rings. The first kappa shape index (κ1) is 24.6. The van der Waals surface area contributed by atoms with E-state index in [0.717, 1.165) is 38.8 Å². The molecular formula is C26H34ClN3O4. The van der Waals surface area contributed by atoms with Crippen LogP contribution in [-0.4, -0.2) is 59.6 Å². The molecule has 184 valence electrons. The van der Waals surface area contributed by atoms with Crippen molar-refractivity contribution in [3.63, 3.8) is 0 Å². The fourth-order valence-electron chi connectivity index (χ4n) is 5.16. The van der Waals surface area contributed by atoms with Crippen LogP contribution in [0.4, 0.5) is 0 Å². The third-order valence-corrected chi connectivity index (χ3v) is 7.24. The van der Waals surface area contributed by atoms with Crippen LogP contribution in [0.2, 0.25) is 5.02 Å². The third kappa shape index (κ3) is 5.57. The highest BCUT2D eigenvalue weighted by Crippen LogP contribution is 2.37. The lowest BCUT2D eigenvalue weighted by Gasteiger charge is -2.43. The van der Waals surface area contributed by atoms with Gasteiger partial charge in [0.1, 0.15) is 17.1 Å². The van der Waals surface area contributed by atoms with E-state index in [4.69, 9.17) is 20.9 Å². The van der Waals surface area contributed by atoms with Crippen molar-refractivity contribution in [2.75, 3.05) is 32.8 Å². The number of likely N-dealkylation sites (tertiary alicyclic amines) is 2. The summed E-state index contributed by atoms with van der Waals surface area (Å²) in [5, 5.41) is 4.66. The lowest BCUT2D eigenvalue weighted by molar-refractivity contribution is -0.136. The van der Waals surface area contributed by atoms with Gasteiger partial charge in [0.25, 0.3) is 5.91 Å². The van der Waals surface area contributed by atoms with Crippen molar-refractivity contribution in [3.05, 3.63) is 46.3 Å². The normalized spacial score (nSPS) is 20.9. The number of amides is 2. The second kappa shape index (κ2) is 10.8. The first-order chi connectivity index (χ1) is 16.4. The van der Waals surface area contributed by atoms with Gasteiger partial charge in [-0.1, -0.05) is 29.7 Å². The standard InChI is InChI=1S/C26H34ClN3O4/c1-3-22-24(19(2)34-28-22)25(32)30-14-8-11-26(17-30,16-23(31)29-12-5-4-6-13-29)18-33-21-10-7-9-20(27)15-21/h7,9-10,15H,3-6,8,11-14,16-18H2,1-2H3. The zero-order valence-corrected chi connectivity index (χ0v) is 20.9. The van der Waals surface area contributed by atoms with Crippen LogP contribution in [0.1, 0.15) is 67.3 Å². The van der Waals surface area contributed by atoms with Gasteiger partial charge < -0.3 is 19.1 Å². The van der Waals surface area contributed by atoms with E-state index in [1.165, 1.54) is 6.42 Å². The van der Waals surface area contributed by atoms with Crippen LogP contribution in [0.5, 0.6) is 5.75 Å². The number of ether oxygens (including phenoxy) is 1. The molecule has 34 heavy (non-hydrogen) atoms. The summed E-state index contributed by atoms with van der Waals surface area (Å²) in [7, 11) is 0. The Balaban J connectivity index is 1.56. The highest BCUT2D eigenvalue weighted by Gasteiger charge is 2.42. The number of hydrogen-bond acceptors (Lipinski definition) is 5. The average Bonchev–Trinajstić information content (AvgIpc) is 3.23. The minimum absolute atomic E-state index is 0.0761. The summed E-state index contributed by atoms with van der Waals surface area (Å²) >= 11 is 6.14. The lowest BCUT2D eigenvalue weighted by atomic mass is 9.77. The molecule has 0 N–H and O–H groups in total. The molecule has 0 saturated carbocycles. The van der Waals surface area contributed by atoms with Crippen molar-refractivity contribution >= 4 is 23.4 Å². The Morgan fingerprint density at radius 3 is 2.65 bits per heavy atom. The minimum Gasteiger partial charge on any atom is -0.493 e. The smallest absolute Gasteiger partial charge is 0.259 e. The maximum atomic E-state index is 13.5. The molecule has 1 atom stereocenters. The van der Waals surface area contributed by atoms with E-state index in [1.807, 2.05) is 28.9 Å². The highest BCUT2D eigenvalue weighted by molar-refractivity contribution is 6.30. The number of benzene rings is 1. The first-order valence-corrected chi connectivity index (χ1v) is 12.7. The van der Waals surface area contributed by atoms with Gasteiger partial charge in [-0.15, -0.1) is 0 Å². The Morgan fingerprint density at radius 1 is 1.15 bits per heavy atom. The Bertz CT molecular complexity index is 1020. The molecule has 2 aliphatic rings. The van der Waals surface area contributed by atoms with Crippen molar-refractivity contribution in [1.29, 1.82) is 0 Å². The third-order valence-electron chi connectivity index (χ3n) is 7.01. The van der Waals surface area contributed by atoms with Gasteiger partial charge in [-0.2, -0.15) is 0 Å². The number of aryl methyl sites for hydroxylation is 2. The van der Waals surface area contributed by atoms with E-state index < -0.39 is 5.41 Å². The molecule has 0 radical (unpaired) electrons. The number of piperidine rings is 2. The van der Waals surface area contributed by atoms with Gasteiger partial charge in [0, 0.05) is 43.0 Å². The summed E-state index contributed by atoms with van der Waals surface area (Å²) < 4.78 is 11.5. The number of hydrogen-bond donors (Lipinski definition) is 0. The molecule has 0 aliphatic carbocycles. The zero-order chi connectivity index (χ0) is 24.1. The van der Waals surface area contributed by atoms with Gasteiger partial charge in [-0.3, -0.25) is 9.59 Å². The molecule has 2 saturated heterocycles. The molecule has 7 nitrogen and oxygen atoms in total. The summed E-state index contributed by atoms with van der Waals surface area (Å²) in [4.78, 5) is 30.7. The van der Waals surface area contributed by atoms with Gasteiger partial charge in [0.2, 0.25) is 5.91 Å². The van der Waals surface area contributed by atoms with Crippen LogP contribution in [-0.2, 0) is 11.2 Å². The topological polar surface area (TPSA) is 75.9 Å². The summed E-state index contributed by atoms with van der Waals surface area (Å²) in [6.45, 7) is 6.81. The molecule has 0 bridgehead atoms. The quantitative estimate of drug-likeness (QED) is 0.555. The zero-order valence-electron chi connectivity index (χ0n) is 20.1. The van der Waals surface area contributed by atoms with Crippen molar-refractivity contribution in [2.24, 2.45) is 5.41 Å². The van der Waals surface area contributed by atoms with E-state index in [1.54, 1.807) is 19.1 Å². The van der Waals surface area contributed by atoms with Crippen LogP contribution < -0.4 is 4.74 Å². The summed E-state index contributed by atoms with van der Waals surface area (Å²) in [5.41, 5.74) is 0.761. The second-order valence-electron chi connectivity index (χ2n) is 9.61. The molecule has 1 aromatic heterocycles. The molecule has 2 amide bonds. The van der Waals surface area contributed by atoms with Gasteiger partial charge >= 0.3 is 0 Å². The largest absolute Gasteiger partial charge is 0.493 e. The van der Waals surface area contributed by atoms with Gasteiger partial charge in [-0.05, 0) is 63.6 Å². The van der Waals surface area contributed by atoms with Gasteiger partial charge in [-0.25, -0.2) is 0 Å². The molecule has 1 aromatic carbocycles. The van der Waals surface area contributed by atoms with Crippen molar-refractivity contribution in [3.8, 4) is 5.75 Å². The first-order valence-electron chi connectivity index (χ1n) is 12.3. The predicted molar refractivity (Wildman–Crippen MR) is 130 cm³/mol. The summed E-state index contributed by atoms with van der Waals surface area (Å²) in [5.74, 6) is 1.29. The van der Waals surface area contributed by atoms with Crippen molar-refractivity contribution in [2.45, 2.75) is 58.8 Å². The number of rotatable bonds is 7. The number of carbonyl (C=O) groups is 2. The summed E-state index contributed by atoms with van der Waals surface area (Å²) in [6, 6.07) is 7.30. The number of carbonyl (C=O) groups excluding carboxylic acids is 2. The summed E-state index contributed by atoms with van der Waals surface area (Å²) in [6.07, 6.45) is 5.89. The van der Waals surface area contributed by atoms with E-state index in [-0.39, 0.29) is 11.8 Å². The highest BCUT2D eigenvalue weighted by atomic mass is 35.5. The van der Waals surface area contributed by atoms with Crippen LogP contribution >= 0.6 is 11.6 Å². The molecule has 3 heterocycles. The van der Waals surface area contributed by atoms with Gasteiger partial charge in [0.15, 0.2) is 0 Å². The molecular weight excluding hydrogens is 454 g/mol. The predicted octanol–water partition coefficient (Wildman–Crippen LogP) is 4.90. The lowest BCUT2D eigenvalue weighted by Crippen LogP contribution is -2.51. The van der Waals surface area contributed by atoms with Gasteiger partial charge in [0.05, 0.1) is 12.3 Å². The van der Waals surface area contributed by atoms with Crippen LogP contribution in [0.3, 0.4) is 0 Å². The van der Waals surface area contributed by atoms with E-state index in [2.05, 4.69) is 5.16 Å². The van der Waals surface area contributed by atoms with Crippen molar-refractivity contribution in [1.82, 2.24) is 15.0 Å². The molecule has 0 spiro atoms. The Kier molecular flexibility index (Phi) is 7.81. The maximum absolute atomic E-state index is 13.5. The molecule has 4 rings (SSSR count). The van der Waals surface area contributed by atoms with Crippen molar-refractivity contribution < 1.29 is 18.8 Å². The molecule has 2 aliphatic heterocycles. The minimum atomic E-state index is -0.470. The van der Waals surface area contributed by atoms with E-state index in [0.29, 0.717) is 60.3 Å². The Morgan fingerprint density at radius 2 is 1.91 bits per heavy atom. The van der Waals surface area contributed by atoms with Crippen LogP contribution in [0.25, 0.3) is 0 Å². The monoisotopic (exact) mass is 487 g/mol. The fourth-order valence-corrected chi connectivity index (χ4v) is 5.34. The fraction of sp³-hybridized carbons (Fsp3) is 0.577. The molecule has 2 aromatic rings. The van der Waals surface area contributed by atoms with Crippen LogP contribution in [0.15, 0.2) is 28.8 Å². The van der Waals surface area contributed by atoms with E-state index >= 15 is 0 Å². The van der Waals surface area contributed by atoms with E-state index in [9.17, 15) is 9.59 Å². The number of nitrogens with zero attached hydrogens (tertiary/aromatic N) is 3. The Hall–Kier alpha value is -2.54. The second-order valence-corrected chi connectivity index (χ2v) is 10.0. The molecule has 8 heteroatoms. The number of aromatic nitrogens is 1. The SMILES string of the molecule is CCc1noc(C)c1C(=O)N1CCCC(COc2cccc(Cl)c2)(CC(=O)N2CCCCC2)C1. The number of halogens is 1. The molecule has 1 unspecified atom stereocenters. The van der Waals surface area contributed by atoms with Crippen LogP contribution in [0, 0.1) is 12.3 Å². The Labute approximate surface area is 206 Å².